The first-order valence-electron chi connectivity index (χ1n) is 6.20. The Balaban J connectivity index is 4.33. The molecule has 0 aromatic rings. The summed E-state index contributed by atoms with van der Waals surface area (Å²) in [5.41, 5.74) is 4.58. The fourth-order valence-corrected chi connectivity index (χ4v) is 1.42. The van der Waals surface area contributed by atoms with E-state index in [0.29, 0.717) is 0 Å². The van der Waals surface area contributed by atoms with Gasteiger partial charge in [-0.1, -0.05) is 13.8 Å². The summed E-state index contributed by atoms with van der Waals surface area (Å²) >= 11 is 0. The van der Waals surface area contributed by atoms with E-state index in [9.17, 15) is 9.59 Å². The minimum atomic E-state index is -0.812. The summed E-state index contributed by atoms with van der Waals surface area (Å²) in [5, 5.41) is 2.63. The van der Waals surface area contributed by atoms with Gasteiger partial charge in [-0.25, -0.2) is 9.59 Å². The summed E-state index contributed by atoms with van der Waals surface area (Å²) in [6.07, 6.45) is 0.181. The van der Waals surface area contributed by atoms with E-state index < -0.39 is 12.2 Å². The zero-order valence-corrected chi connectivity index (χ0v) is 11.6. The van der Waals surface area contributed by atoms with Gasteiger partial charge in [0.25, 0.3) is 0 Å². The summed E-state index contributed by atoms with van der Waals surface area (Å²) in [7, 11) is 0. The third-order valence-electron chi connectivity index (χ3n) is 2.94. The molecule has 6 heteroatoms. The van der Waals surface area contributed by atoms with Crippen LogP contribution in [0.5, 0.6) is 0 Å². The molecule has 0 aliphatic carbocycles. The molecule has 0 heterocycles. The molecule has 0 radical (unpaired) electrons. The zero-order valence-electron chi connectivity index (χ0n) is 11.6. The number of ether oxygens (including phenoxy) is 2. The van der Waals surface area contributed by atoms with E-state index >= 15 is 0 Å². The Bertz CT molecular complexity index is 275. The number of nitrogens with one attached hydrogen (secondary N) is 1. The average molecular weight is 260 g/mol. The van der Waals surface area contributed by atoms with Crippen LogP contribution in [0.15, 0.2) is 0 Å². The molecule has 0 aliphatic heterocycles. The molecule has 3 N–H and O–H groups in total. The second-order valence-electron chi connectivity index (χ2n) is 4.69. The Morgan fingerprint density at radius 3 is 2.06 bits per heavy atom. The molecule has 0 saturated heterocycles. The van der Waals surface area contributed by atoms with Gasteiger partial charge in [-0.2, -0.15) is 0 Å². The molecule has 0 saturated carbocycles. The molecule has 18 heavy (non-hydrogen) atoms. The predicted molar refractivity (Wildman–Crippen MR) is 68.2 cm³/mol. The highest BCUT2D eigenvalue weighted by molar-refractivity contribution is 5.67. The Morgan fingerprint density at radius 2 is 1.67 bits per heavy atom. The molecule has 106 valence electrons. The first kappa shape index (κ1) is 16.5. The standard InChI is InChI=1S/C12H24N2O4/c1-5-12(6-2,7-17-10(13)15)8-18-11(16)14-9(3)4/h9H,5-8H2,1-4H3,(H2,13,15)(H,14,16). The molecule has 0 rings (SSSR count). The first-order chi connectivity index (χ1) is 8.35. The van der Waals surface area contributed by atoms with Gasteiger partial charge in [-0.3, -0.25) is 0 Å². The molecule has 0 fully saturated rings. The lowest BCUT2D eigenvalue weighted by Crippen LogP contribution is -2.38. The Kier molecular flexibility index (Phi) is 7.16. The number of hydrogen-bond acceptors (Lipinski definition) is 4. The molecule has 0 atom stereocenters. The van der Waals surface area contributed by atoms with Gasteiger partial charge in [0.1, 0.15) is 13.2 Å². The van der Waals surface area contributed by atoms with Crippen LogP contribution in [0.2, 0.25) is 0 Å². The van der Waals surface area contributed by atoms with E-state index in [-0.39, 0.29) is 24.7 Å². The molecule has 0 aromatic heterocycles. The van der Waals surface area contributed by atoms with Crippen molar-refractivity contribution >= 4 is 12.2 Å². The fraction of sp³-hybridized carbons (Fsp3) is 0.833. The summed E-state index contributed by atoms with van der Waals surface area (Å²) in [6, 6.07) is 0.0250. The fourth-order valence-electron chi connectivity index (χ4n) is 1.42. The van der Waals surface area contributed by atoms with Crippen LogP contribution in [0, 0.1) is 5.41 Å². The lowest BCUT2D eigenvalue weighted by molar-refractivity contribution is 0.0230. The first-order valence-corrected chi connectivity index (χ1v) is 6.20. The van der Waals surface area contributed by atoms with E-state index in [2.05, 4.69) is 5.32 Å². The second kappa shape index (κ2) is 7.79. The Morgan fingerprint density at radius 1 is 1.17 bits per heavy atom. The normalized spacial score (nSPS) is 11.2. The smallest absolute Gasteiger partial charge is 0.407 e. The van der Waals surface area contributed by atoms with Gasteiger partial charge < -0.3 is 20.5 Å². The number of hydrogen-bond donors (Lipinski definition) is 2. The molecule has 2 amide bonds. The van der Waals surface area contributed by atoms with Crippen LogP contribution in [0.3, 0.4) is 0 Å². The highest BCUT2D eigenvalue weighted by Crippen LogP contribution is 2.27. The number of nitrogens with two attached hydrogens (primary N) is 1. The Hall–Kier alpha value is -1.46. The second-order valence-corrected chi connectivity index (χ2v) is 4.69. The SMILES string of the molecule is CCC(CC)(COC(N)=O)COC(=O)NC(C)C. The monoisotopic (exact) mass is 260 g/mol. The summed E-state index contributed by atoms with van der Waals surface area (Å²) in [4.78, 5) is 22.0. The molecule has 0 aromatic carbocycles. The maximum Gasteiger partial charge on any atom is 0.407 e. The third-order valence-corrected chi connectivity index (χ3v) is 2.94. The van der Waals surface area contributed by atoms with Crippen LogP contribution >= 0.6 is 0 Å². The van der Waals surface area contributed by atoms with E-state index in [1.165, 1.54) is 0 Å². The molecular formula is C12H24N2O4. The van der Waals surface area contributed by atoms with Gasteiger partial charge in [-0.05, 0) is 26.7 Å². The van der Waals surface area contributed by atoms with E-state index in [1.54, 1.807) is 0 Å². The van der Waals surface area contributed by atoms with Crippen LogP contribution in [0.1, 0.15) is 40.5 Å². The number of carbonyl (C=O) groups is 2. The molecule has 0 spiro atoms. The zero-order chi connectivity index (χ0) is 14.2. The van der Waals surface area contributed by atoms with Crippen molar-refractivity contribution in [1.82, 2.24) is 5.32 Å². The van der Waals surface area contributed by atoms with Crippen molar-refractivity contribution in [1.29, 1.82) is 0 Å². The quantitative estimate of drug-likeness (QED) is 0.732. The van der Waals surface area contributed by atoms with Crippen molar-refractivity contribution < 1.29 is 19.1 Å². The van der Waals surface area contributed by atoms with Gasteiger partial charge in [0.2, 0.25) is 0 Å². The number of primary amides is 1. The topological polar surface area (TPSA) is 90.7 Å². The largest absolute Gasteiger partial charge is 0.449 e. The number of carbonyl (C=O) groups excluding carboxylic acids is 2. The van der Waals surface area contributed by atoms with Crippen molar-refractivity contribution in [3.8, 4) is 0 Å². The molecule has 0 aliphatic rings. The summed E-state index contributed by atoms with van der Waals surface area (Å²) in [5.74, 6) is 0. The Labute approximate surface area is 108 Å². The van der Waals surface area contributed by atoms with Crippen molar-refractivity contribution in [3.63, 3.8) is 0 Å². The van der Waals surface area contributed by atoms with Crippen molar-refractivity contribution in [2.75, 3.05) is 13.2 Å². The maximum atomic E-state index is 11.4. The van der Waals surface area contributed by atoms with E-state index in [0.717, 1.165) is 12.8 Å². The van der Waals surface area contributed by atoms with Crippen molar-refractivity contribution in [3.05, 3.63) is 0 Å². The van der Waals surface area contributed by atoms with E-state index in [4.69, 9.17) is 15.2 Å². The lowest BCUT2D eigenvalue weighted by atomic mass is 9.84. The highest BCUT2D eigenvalue weighted by Gasteiger charge is 2.30. The van der Waals surface area contributed by atoms with Crippen molar-refractivity contribution in [2.45, 2.75) is 46.6 Å². The maximum absolute atomic E-state index is 11.4. The van der Waals surface area contributed by atoms with Gasteiger partial charge in [0, 0.05) is 11.5 Å². The average Bonchev–Trinajstić information content (AvgIpc) is 2.29. The van der Waals surface area contributed by atoms with Gasteiger partial charge in [-0.15, -0.1) is 0 Å². The van der Waals surface area contributed by atoms with Gasteiger partial charge >= 0.3 is 12.2 Å². The van der Waals surface area contributed by atoms with Crippen molar-refractivity contribution in [2.24, 2.45) is 11.1 Å². The predicted octanol–water partition coefficient (Wildman–Crippen LogP) is 2.02. The minimum absolute atomic E-state index is 0.0250. The van der Waals surface area contributed by atoms with Crippen LogP contribution in [0.25, 0.3) is 0 Å². The van der Waals surface area contributed by atoms with Crippen LogP contribution in [-0.4, -0.2) is 31.4 Å². The van der Waals surface area contributed by atoms with Crippen LogP contribution in [-0.2, 0) is 9.47 Å². The summed E-state index contributed by atoms with van der Waals surface area (Å²) < 4.78 is 9.98. The lowest BCUT2D eigenvalue weighted by Gasteiger charge is -2.30. The number of rotatable bonds is 7. The van der Waals surface area contributed by atoms with Crippen LogP contribution < -0.4 is 11.1 Å². The molecule has 0 bridgehead atoms. The minimum Gasteiger partial charge on any atom is -0.449 e. The third kappa shape index (κ3) is 6.32. The van der Waals surface area contributed by atoms with E-state index in [1.807, 2.05) is 27.7 Å². The van der Waals surface area contributed by atoms with Crippen LogP contribution in [0.4, 0.5) is 9.59 Å². The number of amides is 2. The molecule has 0 unspecified atom stereocenters. The van der Waals surface area contributed by atoms with Gasteiger partial charge in [0.05, 0.1) is 0 Å². The molecule has 6 nitrogen and oxygen atoms in total. The molecular weight excluding hydrogens is 236 g/mol. The summed E-state index contributed by atoms with van der Waals surface area (Å²) in [6.45, 7) is 7.97. The van der Waals surface area contributed by atoms with Gasteiger partial charge in [0.15, 0.2) is 0 Å². The highest BCUT2D eigenvalue weighted by atomic mass is 16.6. The number of alkyl carbamates (subject to hydrolysis) is 1.